The molecule has 2 N–H and O–H groups in total. The van der Waals surface area contributed by atoms with Crippen molar-refractivity contribution in [1.29, 1.82) is 0 Å². The van der Waals surface area contributed by atoms with E-state index < -0.39 is 11.6 Å². The summed E-state index contributed by atoms with van der Waals surface area (Å²) < 4.78 is 49.7. The summed E-state index contributed by atoms with van der Waals surface area (Å²) in [5.74, 6) is 1.48. The first-order chi connectivity index (χ1) is 21.9. The van der Waals surface area contributed by atoms with E-state index in [2.05, 4.69) is 31.0 Å². The highest BCUT2D eigenvalue weighted by molar-refractivity contribution is 6.04. The number of phenols is 1. The summed E-state index contributed by atoms with van der Waals surface area (Å²) in [7, 11) is 0. The van der Waals surface area contributed by atoms with Crippen molar-refractivity contribution in [3.63, 3.8) is 0 Å². The molecule has 2 aromatic heterocycles. The molecule has 0 radical (unpaired) electrons. The highest BCUT2D eigenvalue weighted by atomic mass is 19.1. The van der Waals surface area contributed by atoms with E-state index in [9.17, 15) is 9.50 Å². The SMILES string of the molecule is C#Cc1c(F)ccc2cc(O)cc(-c3nc4c5c(nc(OCC6(CN7CCOCC7)CC6)nc5c3F)N3CCNC[C@H]3CO4)c12. The van der Waals surface area contributed by atoms with E-state index >= 15 is 4.39 Å². The minimum absolute atomic E-state index is 0.00619. The molecule has 12 heteroatoms. The van der Waals surface area contributed by atoms with Gasteiger partial charge in [-0.05, 0) is 36.4 Å². The molecule has 1 saturated carbocycles. The van der Waals surface area contributed by atoms with E-state index in [-0.39, 0.29) is 63.4 Å². The Kier molecular flexibility index (Phi) is 6.85. The van der Waals surface area contributed by atoms with Gasteiger partial charge in [0.1, 0.15) is 40.6 Å². The molecular weight excluding hydrogens is 582 g/mol. The quantitative estimate of drug-likeness (QED) is 0.314. The second-order valence-electron chi connectivity index (χ2n) is 12.3. The number of aromatic hydroxyl groups is 1. The normalized spacial score (nSPS) is 20.7. The number of hydrogen-bond acceptors (Lipinski definition) is 10. The summed E-state index contributed by atoms with van der Waals surface area (Å²) in [6.45, 7) is 6.82. The number of halogens is 2. The fourth-order valence-electron chi connectivity index (χ4n) is 6.75. The number of pyridine rings is 1. The van der Waals surface area contributed by atoms with E-state index in [4.69, 9.17) is 25.6 Å². The van der Waals surface area contributed by atoms with Gasteiger partial charge in [0.2, 0.25) is 5.88 Å². The molecule has 1 atom stereocenters. The summed E-state index contributed by atoms with van der Waals surface area (Å²) in [6.07, 6.45) is 7.77. The minimum atomic E-state index is -0.770. The van der Waals surface area contributed by atoms with Crippen molar-refractivity contribution in [2.75, 3.05) is 70.6 Å². The topological polar surface area (TPSA) is 105 Å². The van der Waals surface area contributed by atoms with E-state index in [1.54, 1.807) is 0 Å². The van der Waals surface area contributed by atoms with Crippen LogP contribution in [0.4, 0.5) is 14.6 Å². The maximum absolute atomic E-state index is 16.9. The van der Waals surface area contributed by atoms with E-state index in [1.165, 1.54) is 24.3 Å². The Morgan fingerprint density at radius 1 is 1.11 bits per heavy atom. The molecular formula is C33H32F2N6O4. The molecule has 0 unspecified atom stereocenters. The monoisotopic (exact) mass is 614 g/mol. The standard InChI is InChI=1S/C33H32F2N6O4/c1-2-22-24(34)4-3-19-13-21(42)14-23(25(19)22)28-27(35)29-26-30(41-8-7-36-15-20(41)16-44-31(26)37-28)39-32(38-29)45-18-33(5-6-33)17-40-9-11-43-12-10-40/h1,3-4,13-14,20,36,42H,5-12,15-18H2/t20-/m0/s1. The van der Waals surface area contributed by atoms with Gasteiger partial charge < -0.3 is 29.5 Å². The number of ether oxygens (including phenoxy) is 3. The number of hydrogen-bond donors (Lipinski definition) is 2. The Hall–Kier alpha value is -4.31. The predicted octanol–water partition coefficient (Wildman–Crippen LogP) is 3.47. The van der Waals surface area contributed by atoms with E-state index in [0.717, 1.165) is 52.2 Å². The molecule has 1 aliphatic carbocycles. The lowest BCUT2D eigenvalue weighted by Gasteiger charge is -2.35. The van der Waals surface area contributed by atoms with Gasteiger partial charge in [-0.25, -0.2) is 13.8 Å². The molecule has 2 saturated heterocycles. The van der Waals surface area contributed by atoms with Crippen LogP contribution in [-0.2, 0) is 4.74 Å². The number of nitrogens with zero attached hydrogens (tertiary/aromatic N) is 5. The molecule has 10 nitrogen and oxygen atoms in total. The zero-order valence-electron chi connectivity index (χ0n) is 24.6. The Morgan fingerprint density at radius 2 is 1.96 bits per heavy atom. The molecule has 3 aliphatic heterocycles. The lowest BCUT2D eigenvalue weighted by Crippen LogP contribution is -2.53. The molecule has 4 aliphatic rings. The Balaban J connectivity index is 1.27. The number of rotatable bonds is 6. The molecule has 2 aromatic carbocycles. The summed E-state index contributed by atoms with van der Waals surface area (Å²) in [4.78, 5) is 18.5. The van der Waals surface area contributed by atoms with Crippen molar-refractivity contribution in [3.05, 3.63) is 41.5 Å². The van der Waals surface area contributed by atoms with Gasteiger partial charge in [0, 0.05) is 55.6 Å². The minimum Gasteiger partial charge on any atom is -0.508 e. The number of terminal acetylenes is 1. The number of phenolic OH excluding ortho intramolecular Hbond substituents is 1. The van der Waals surface area contributed by atoms with Gasteiger partial charge in [0.15, 0.2) is 5.82 Å². The molecule has 8 rings (SSSR count). The molecule has 5 heterocycles. The number of fused-ring (bicyclic) bond motifs is 3. The molecule has 3 fully saturated rings. The Bertz CT molecular complexity index is 1870. The number of piperazine rings is 1. The van der Waals surface area contributed by atoms with Crippen molar-refractivity contribution in [2.45, 2.75) is 18.9 Å². The molecule has 45 heavy (non-hydrogen) atoms. The van der Waals surface area contributed by atoms with Gasteiger partial charge in [-0.3, -0.25) is 4.90 Å². The van der Waals surface area contributed by atoms with E-state index in [0.29, 0.717) is 36.3 Å². The maximum atomic E-state index is 16.9. The first-order valence-corrected chi connectivity index (χ1v) is 15.3. The average Bonchev–Trinajstić information content (AvgIpc) is 3.84. The van der Waals surface area contributed by atoms with Crippen LogP contribution in [0.15, 0.2) is 24.3 Å². The van der Waals surface area contributed by atoms with Crippen LogP contribution < -0.4 is 19.7 Å². The molecule has 0 amide bonds. The van der Waals surface area contributed by atoms with Crippen molar-refractivity contribution < 1.29 is 28.1 Å². The first kappa shape index (κ1) is 28.2. The fraction of sp³-hybridized carbons (Fsp3) is 0.424. The summed E-state index contributed by atoms with van der Waals surface area (Å²) >= 11 is 0. The Morgan fingerprint density at radius 3 is 2.76 bits per heavy atom. The summed E-state index contributed by atoms with van der Waals surface area (Å²) in [6, 6.07) is 5.49. The van der Waals surface area contributed by atoms with Crippen LogP contribution in [0.1, 0.15) is 18.4 Å². The van der Waals surface area contributed by atoms with Crippen LogP contribution in [0.3, 0.4) is 0 Å². The van der Waals surface area contributed by atoms with Crippen molar-refractivity contribution in [1.82, 2.24) is 25.2 Å². The van der Waals surface area contributed by atoms with Crippen LogP contribution in [0.5, 0.6) is 17.6 Å². The predicted molar refractivity (Wildman–Crippen MR) is 164 cm³/mol. The van der Waals surface area contributed by atoms with Gasteiger partial charge in [-0.2, -0.15) is 9.97 Å². The van der Waals surface area contributed by atoms with Gasteiger partial charge in [-0.15, -0.1) is 6.42 Å². The van der Waals surface area contributed by atoms with Crippen molar-refractivity contribution >= 4 is 27.5 Å². The Labute approximate surface area is 258 Å². The number of aromatic nitrogens is 3. The van der Waals surface area contributed by atoms with Gasteiger partial charge in [0.05, 0.1) is 31.4 Å². The lowest BCUT2D eigenvalue weighted by atomic mass is 9.95. The van der Waals surface area contributed by atoms with Gasteiger partial charge in [0.25, 0.3) is 0 Å². The first-order valence-electron chi connectivity index (χ1n) is 15.3. The zero-order chi connectivity index (χ0) is 30.7. The van der Waals surface area contributed by atoms with Crippen LogP contribution in [0.25, 0.3) is 32.9 Å². The van der Waals surface area contributed by atoms with Crippen LogP contribution in [0, 0.1) is 29.4 Å². The number of anilines is 1. The third kappa shape index (κ3) is 4.95. The average molecular weight is 615 g/mol. The van der Waals surface area contributed by atoms with Crippen LogP contribution in [0.2, 0.25) is 0 Å². The number of benzene rings is 2. The lowest BCUT2D eigenvalue weighted by molar-refractivity contribution is 0.0231. The largest absolute Gasteiger partial charge is 0.508 e. The van der Waals surface area contributed by atoms with Crippen LogP contribution >= 0.6 is 0 Å². The van der Waals surface area contributed by atoms with Gasteiger partial charge >= 0.3 is 6.01 Å². The van der Waals surface area contributed by atoms with Crippen LogP contribution in [-0.4, -0.2) is 96.7 Å². The smallest absolute Gasteiger partial charge is 0.319 e. The molecule has 0 spiro atoms. The highest BCUT2D eigenvalue weighted by Crippen LogP contribution is 2.47. The van der Waals surface area contributed by atoms with Gasteiger partial charge in [-0.1, -0.05) is 12.0 Å². The summed E-state index contributed by atoms with van der Waals surface area (Å²) in [5.41, 5.74) is -0.123. The fourth-order valence-corrected chi connectivity index (χ4v) is 6.75. The number of morpholine rings is 1. The molecule has 0 bridgehead atoms. The number of nitrogens with one attached hydrogen (secondary N) is 1. The molecule has 4 aromatic rings. The zero-order valence-corrected chi connectivity index (χ0v) is 24.6. The maximum Gasteiger partial charge on any atom is 0.319 e. The molecule has 232 valence electrons. The second kappa shape index (κ2) is 10.9. The summed E-state index contributed by atoms with van der Waals surface area (Å²) in [5, 5.41) is 15.0. The second-order valence-corrected chi connectivity index (χ2v) is 12.3. The van der Waals surface area contributed by atoms with E-state index in [1.807, 2.05) is 0 Å². The third-order valence-electron chi connectivity index (χ3n) is 9.33. The van der Waals surface area contributed by atoms with Crippen molar-refractivity contribution in [3.8, 4) is 41.2 Å². The third-order valence-corrected chi connectivity index (χ3v) is 9.33. The van der Waals surface area contributed by atoms with Crippen molar-refractivity contribution in [2.24, 2.45) is 5.41 Å². The highest BCUT2D eigenvalue weighted by Gasteiger charge is 2.45.